The van der Waals surface area contributed by atoms with Crippen LogP contribution in [0.4, 0.5) is 0 Å². The number of ether oxygens (including phenoxy) is 2. The molecule has 0 spiro atoms. The van der Waals surface area contributed by atoms with Crippen LogP contribution in [0.5, 0.6) is 5.75 Å². The summed E-state index contributed by atoms with van der Waals surface area (Å²) in [6, 6.07) is 9.16. The Morgan fingerprint density at radius 2 is 2.00 bits per heavy atom. The molecule has 7 heteroatoms. The van der Waals surface area contributed by atoms with E-state index in [-0.39, 0.29) is 5.91 Å². The number of allylic oxidation sites excluding steroid dienone is 1. The lowest BCUT2D eigenvalue weighted by Crippen LogP contribution is -2.23. The van der Waals surface area contributed by atoms with Crippen molar-refractivity contribution in [1.29, 1.82) is 0 Å². The van der Waals surface area contributed by atoms with Gasteiger partial charge in [0.15, 0.2) is 0 Å². The maximum absolute atomic E-state index is 12.3. The highest BCUT2D eigenvalue weighted by Gasteiger charge is 2.17. The molecule has 164 valence electrons. The van der Waals surface area contributed by atoms with Crippen molar-refractivity contribution in [3.05, 3.63) is 58.3 Å². The molecule has 1 aromatic heterocycles. The standard InChI is InChI=1S/C24H25Cl2NO4/c1-4-30-22-13-23-19(20(14-31-23)17-7-6-16(25)11-21(17)26)12-18(22)15(2)10-24(28)27-8-5-9-29-3/h6-7,10-14H,4-5,8-9H2,1-3H3,(H,27,28)/b15-10+. The Labute approximate surface area is 191 Å². The Hall–Kier alpha value is -2.47. The minimum Gasteiger partial charge on any atom is -0.493 e. The van der Waals surface area contributed by atoms with Gasteiger partial charge in [-0.05, 0) is 44.0 Å². The number of carbonyl (C=O) groups is 1. The van der Waals surface area contributed by atoms with Crippen molar-refractivity contribution in [3.63, 3.8) is 0 Å². The number of hydrogen-bond donors (Lipinski definition) is 1. The monoisotopic (exact) mass is 461 g/mol. The fourth-order valence-corrected chi connectivity index (χ4v) is 3.82. The highest BCUT2D eigenvalue weighted by atomic mass is 35.5. The van der Waals surface area contributed by atoms with Crippen LogP contribution in [0.2, 0.25) is 10.0 Å². The maximum atomic E-state index is 12.3. The third-order valence-electron chi connectivity index (χ3n) is 4.79. The molecular weight excluding hydrogens is 437 g/mol. The quantitative estimate of drug-likeness (QED) is 0.297. The molecule has 0 aliphatic rings. The summed E-state index contributed by atoms with van der Waals surface area (Å²) in [5.74, 6) is 0.489. The molecule has 2 aromatic carbocycles. The van der Waals surface area contributed by atoms with Gasteiger partial charge in [0.05, 0.1) is 17.9 Å². The van der Waals surface area contributed by atoms with Gasteiger partial charge in [-0.1, -0.05) is 29.3 Å². The second kappa shape index (κ2) is 10.7. The molecule has 0 atom stereocenters. The predicted octanol–water partition coefficient (Wildman–Crippen LogP) is 6.36. The van der Waals surface area contributed by atoms with Gasteiger partial charge >= 0.3 is 0 Å². The molecule has 1 N–H and O–H groups in total. The molecule has 0 saturated heterocycles. The van der Waals surface area contributed by atoms with Crippen LogP contribution in [0.15, 0.2) is 47.1 Å². The summed E-state index contributed by atoms with van der Waals surface area (Å²) >= 11 is 12.5. The molecular formula is C24H25Cl2NO4. The summed E-state index contributed by atoms with van der Waals surface area (Å²) in [4.78, 5) is 12.3. The van der Waals surface area contributed by atoms with Crippen molar-refractivity contribution in [2.45, 2.75) is 20.3 Å². The number of benzene rings is 2. The van der Waals surface area contributed by atoms with Gasteiger partial charge in [-0.3, -0.25) is 4.79 Å². The van der Waals surface area contributed by atoms with Gasteiger partial charge in [0, 0.05) is 59.5 Å². The second-order valence-electron chi connectivity index (χ2n) is 7.02. The number of fused-ring (bicyclic) bond motifs is 1. The summed E-state index contributed by atoms with van der Waals surface area (Å²) in [5, 5.41) is 4.84. The van der Waals surface area contributed by atoms with E-state index in [2.05, 4.69) is 5.32 Å². The minimum atomic E-state index is -0.163. The molecule has 1 amide bonds. The Balaban J connectivity index is 2.00. The van der Waals surface area contributed by atoms with Gasteiger partial charge in [-0.2, -0.15) is 0 Å². The lowest BCUT2D eigenvalue weighted by atomic mass is 9.99. The fraction of sp³-hybridized carbons (Fsp3) is 0.292. The van der Waals surface area contributed by atoms with Crippen molar-refractivity contribution in [2.75, 3.05) is 26.9 Å². The lowest BCUT2D eigenvalue weighted by molar-refractivity contribution is -0.116. The van der Waals surface area contributed by atoms with E-state index in [4.69, 9.17) is 37.1 Å². The van der Waals surface area contributed by atoms with E-state index in [1.54, 1.807) is 31.6 Å². The molecule has 3 aromatic rings. The lowest BCUT2D eigenvalue weighted by Gasteiger charge is -2.12. The topological polar surface area (TPSA) is 60.7 Å². The normalized spacial score (nSPS) is 11.7. The van der Waals surface area contributed by atoms with Crippen molar-refractivity contribution < 1.29 is 18.7 Å². The SMILES string of the molecule is CCOc1cc2occ(-c3ccc(Cl)cc3Cl)c2cc1/C(C)=C/C(=O)NCCCOC. The van der Waals surface area contributed by atoms with Gasteiger partial charge in [-0.25, -0.2) is 0 Å². The molecule has 31 heavy (non-hydrogen) atoms. The van der Waals surface area contributed by atoms with Crippen LogP contribution >= 0.6 is 23.2 Å². The summed E-state index contributed by atoms with van der Waals surface area (Å²) in [5.41, 5.74) is 3.93. The Morgan fingerprint density at radius 1 is 1.19 bits per heavy atom. The first-order valence-electron chi connectivity index (χ1n) is 10.0. The van der Waals surface area contributed by atoms with Crippen LogP contribution in [0.3, 0.4) is 0 Å². The average Bonchev–Trinajstić information content (AvgIpc) is 3.13. The molecule has 0 aliphatic carbocycles. The van der Waals surface area contributed by atoms with Crippen LogP contribution in [0.1, 0.15) is 25.8 Å². The van der Waals surface area contributed by atoms with E-state index in [0.29, 0.717) is 41.1 Å². The second-order valence-corrected chi connectivity index (χ2v) is 7.86. The van der Waals surface area contributed by atoms with Crippen molar-refractivity contribution >= 4 is 45.7 Å². The Morgan fingerprint density at radius 3 is 2.71 bits per heavy atom. The Kier molecular flexibility index (Phi) is 8.02. The highest BCUT2D eigenvalue weighted by molar-refractivity contribution is 6.36. The largest absolute Gasteiger partial charge is 0.493 e. The Bertz CT molecular complexity index is 1100. The third kappa shape index (κ3) is 5.62. The smallest absolute Gasteiger partial charge is 0.244 e. The number of hydrogen-bond acceptors (Lipinski definition) is 4. The molecule has 1 heterocycles. The van der Waals surface area contributed by atoms with Crippen LogP contribution in [-0.4, -0.2) is 32.8 Å². The molecule has 3 rings (SSSR count). The number of carbonyl (C=O) groups excluding carboxylic acids is 1. The summed E-state index contributed by atoms with van der Waals surface area (Å²) in [6.07, 6.45) is 4.00. The summed E-state index contributed by atoms with van der Waals surface area (Å²) < 4.78 is 16.6. The van der Waals surface area contributed by atoms with Gasteiger partial charge in [-0.15, -0.1) is 0 Å². The zero-order valence-electron chi connectivity index (χ0n) is 17.8. The number of furan rings is 1. The van der Waals surface area contributed by atoms with E-state index >= 15 is 0 Å². The molecule has 0 bridgehead atoms. The van der Waals surface area contributed by atoms with Gasteiger partial charge in [0.2, 0.25) is 5.91 Å². The number of rotatable bonds is 9. The van der Waals surface area contributed by atoms with E-state index in [1.165, 1.54) is 0 Å². The van der Waals surface area contributed by atoms with Crippen LogP contribution in [0, 0.1) is 0 Å². The van der Waals surface area contributed by atoms with Gasteiger partial charge < -0.3 is 19.2 Å². The zero-order chi connectivity index (χ0) is 22.4. The van der Waals surface area contributed by atoms with Gasteiger partial charge in [0.1, 0.15) is 11.3 Å². The predicted molar refractivity (Wildman–Crippen MR) is 126 cm³/mol. The molecule has 0 saturated carbocycles. The van der Waals surface area contributed by atoms with E-state index in [1.807, 2.05) is 32.0 Å². The van der Waals surface area contributed by atoms with E-state index < -0.39 is 0 Å². The van der Waals surface area contributed by atoms with Crippen molar-refractivity contribution in [1.82, 2.24) is 5.32 Å². The highest BCUT2D eigenvalue weighted by Crippen LogP contribution is 2.40. The number of nitrogens with one attached hydrogen (secondary N) is 1. The van der Waals surface area contributed by atoms with Crippen LogP contribution in [-0.2, 0) is 9.53 Å². The maximum Gasteiger partial charge on any atom is 0.244 e. The van der Waals surface area contributed by atoms with E-state index in [9.17, 15) is 4.79 Å². The number of amides is 1. The van der Waals surface area contributed by atoms with Crippen LogP contribution < -0.4 is 10.1 Å². The van der Waals surface area contributed by atoms with Crippen LogP contribution in [0.25, 0.3) is 27.7 Å². The number of halogens is 2. The molecule has 0 unspecified atom stereocenters. The average molecular weight is 462 g/mol. The molecule has 0 aliphatic heterocycles. The molecule has 0 radical (unpaired) electrons. The third-order valence-corrected chi connectivity index (χ3v) is 5.34. The van der Waals surface area contributed by atoms with Gasteiger partial charge in [0.25, 0.3) is 0 Å². The minimum absolute atomic E-state index is 0.163. The first kappa shape index (κ1) is 23.2. The first-order chi connectivity index (χ1) is 14.9. The summed E-state index contributed by atoms with van der Waals surface area (Å²) in [7, 11) is 1.64. The zero-order valence-corrected chi connectivity index (χ0v) is 19.3. The van der Waals surface area contributed by atoms with E-state index in [0.717, 1.165) is 34.1 Å². The number of methoxy groups -OCH3 is 1. The first-order valence-corrected chi connectivity index (χ1v) is 10.8. The molecule has 5 nitrogen and oxygen atoms in total. The van der Waals surface area contributed by atoms with Crippen molar-refractivity contribution in [2.24, 2.45) is 0 Å². The fourth-order valence-electron chi connectivity index (χ4n) is 3.31. The molecule has 0 fully saturated rings. The van der Waals surface area contributed by atoms with Crippen molar-refractivity contribution in [3.8, 4) is 16.9 Å². The summed E-state index contributed by atoms with van der Waals surface area (Å²) in [6.45, 7) is 5.44.